The van der Waals surface area contributed by atoms with Gasteiger partial charge < -0.3 is 5.32 Å². The van der Waals surface area contributed by atoms with Gasteiger partial charge in [-0.25, -0.2) is 8.78 Å². The van der Waals surface area contributed by atoms with Gasteiger partial charge in [0.15, 0.2) is 0 Å². The molecule has 1 aromatic rings. The Labute approximate surface area is 124 Å². The first-order valence-electron chi connectivity index (χ1n) is 6.72. The van der Waals surface area contributed by atoms with E-state index in [0.717, 1.165) is 25.2 Å². The summed E-state index contributed by atoms with van der Waals surface area (Å²) in [4.78, 5) is 0. The van der Waals surface area contributed by atoms with Crippen LogP contribution in [-0.4, -0.2) is 39.4 Å². The van der Waals surface area contributed by atoms with Gasteiger partial charge in [0.05, 0.1) is 0 Å². The van der Waals surface area contributed by atoms with Gasteiger partial charge >= 0.3 is 0 Å². The number of benzene rings is 1. The summed E-state index contributed by atoms with van der Waals surface area (Å²) >= 11 is 0. The second-order valence-corrected chi connectivity index (χ2v) is 6.45. The fourth-order valence-corrected chi connectivity index (χ4v) is 2.60. The van der Waals surface area contributed by atoms with Crippen molar-refractivity contribution >= 4 is 10.2 Å². The largest absolute Gasteiger partial charge is 0.317 e. The third kappa shape index (κ3) is 6.04. The van der Waals surface area contributed by atoms with Crippen LogP contribution in [0, 0.1) is 11.6 Å². The maximum atomic E-state index is 13.4. The third-order valence-corrected chi connectivity index (χ3v) is 4.46. The maximum Gasteiger partial charge on any atom is 0.279 e. The molecule has 21 heavy (non-hydrogen) atoms. The SMILES string of the molecule is CCNCCCN(C)S(=O)(=O)NCc1ccc(F)cc1F. The molecule has 0 aromatic heterocycles. The van der Waals surface area contributed by atoms with E-state index < -0.39 is 21.8 Å². The fourth-order valence-electron chi connectivity index (χ4n) is 1.67. The van der Waals surface area contributed by atoms with Crippen LogP contribution in [0.3, 0.4) is 0 Å². The molecule has 2 N–H and O–H groups in total. The lowest BCUT2D eigenvalue weighted by Gasteiger charge is -2.17. The predicted octanol–water partition coefficient (Wildman–Crippen LogP) is 1.23. The Kier molecular flexibility index (Phi) is 7.16. The van der Waals surface area contributed by atoms with Gasteiger partial charge in [0.1, 0.15) is 11.6 Å². The number of halogens is 2. The van der Waals surface area contributed by atoms with Crippen molar-refractivity contribution in [2.45, 2.75) is 19.9 Å². The Morgan fingerprint density at radius 2 is 2.00 bits per heavy atom. The summed E-state index contributed by atoms with van der Waals surface area (Å²) in [5, 5.41) is 3.10. The van der Waals surface area contributed by atoms with E-state index in [0.29, 0.717) is 13.0 Å². The minimum Gasteiger partial charge on any atom is -0.317 e. The molecular weight excluding hydrogens is 300 g/mol. The van der Waals surface area contributed by atoms with E-state index in [1.807, 2.05) is 6.92 Å². The Hall–Kier alpha value is -1.09. The summed E-state index contributed by atoms with van der Waals surface area (Å²) in [5.74, 6) is -1.47. The van der Waals surface area contributed by atoms with Crippen LogP contribution in [0.15, 0.2) is 18.2 Å². The lowest BCUT2D eigenvalue weighted by molar-refractivity contribution is 0.445. The van der Waals surface area contributed by atoms with Crippen molar-refractivity contribution in [3.05, 3.63) is 35.4 Å². The van der Waals surface area contributed by atoms with Gasteiger partial charge in [-0.15, -0.1) is 0 Å². The average Bonchev–Trinajstić information content (AvgIpc) is 2.42. The summed E-state index contributed by atoms with van der Waals surface area (Å²) in [6.45, 7) is 3.67. The predicted molar refractivity (Wildman–Crippen MR) is 77.9 cm³/mol. The molecule has 0 aliphatic heterocycles. The molecule has 0 atom stereocenters. The zero-order valence-corrected chi connectivity index (χ0v) is 13.0. The second-order valence-electron chi connectivity index (χ2n) is 4.59. The first-order chi connectivity index (χ1) is 9.86. The molecule has 0 aliphatic carbocycles. The molecule has 0 unspecified atom stereocenters. The molecule has 1 rings (SSSR count). The van der Waals surface area contributed by atoms with Gasteiger partial charge in [-0.1, -0.05) is 13.0 Å². The Morgan fingerprint density at radius 1 is 1.29 bits per heavy atom. The zero-order chi connectivity index (χ0) is 15.9. The molecule has 0 aliphatic rings. The highest BCUT2D eigenvalue weighted by Crippen LogP contribution is 2.10. The topological polar surface area (TPSA) is 61.4 Å². The zero-order valence-electron chi connectivity index (χ0n) is 12.2. The second kappa shape index (κ2) is 8.38. The molecule has 0 bridgehead atoms. The molecule has 8 heteroatoms. The number of nitrogens with zero attached hydrogens (tertiary/aromatic N) is 1. The summed E-state index contributed by atoms with van der Waals surface area (Å²) in [5.41, 5.74) is 0.0982. The molecule has 0 amide bonds. The smallest absolute Gasteiger partial charge is 0.279 e. The molecule has 1 aromatic carbocycles. The highest BCUT2D eigenvalue weighted by molar-refractivity contribution is 7.87. The minimum absolute atomic E-state index is 0.0982. The van der Waals surface area contributed by atoms with Gasteiger partial charge in [-0.05, 0) is 25.6 Å². The van der Waals surface area contributed by atoms with Gasteiger partial charge in [-0.2, -0.15) is 17.4 Å². The first kappa shape index (κ1) is 18.0. The van der Waals surface area contributed by atoms with E-state index >= 15 is 0 Å². The van der Waals surface area contributed by atoms with Gasteiger partial charge in [0.2, 0.25) is 0 Å². The normalized spacial score (nSPS) is 12.0. The van der Waals surface area contributed by atoms with E-state index in [1.165, 1.54) is 17.4 Å². The molecule has 5 nitrogen and oxygen atoms in total. The molecule has 0 fully saturated rings. The highest BCUT2D eigenvalue weighted by atomic mass is 32.2. The van der Waals surface area contributed by atoms with E-state index in [2.05, 4.69) is 10.0 Å². The molecule has 0 heterocycles. The quantitative estimate of drug-likeness (QED) is 0.673. The van der Waals surface area contributed by atoms with Crippen LogP contribution in [0.1, 0.15) is 18.9 Å². The van der Waals surface area contributed by atoms with Crippen molar-refractivity contribution in [2.24, 2.45) is 0 Å². The Bertz CT molecular complexity index is 552. The molecule has 0 radical (unpaired) electrons. The van der Waals surface area contributed by atoms with Gasteiger partial charge in [-0.3, -0.25) is 0 Å². The van der Waals surface area contributed by atoms with Crippen LogP contribution < -0.4 is 10.0 Å². The highest BCUT2D eigenvalue weighted by Gasteiger charge is 2.17. The molecule has 0 saturated heterocycles. The molecule has 0 spiro atoms. The molecule has 0 saturated carbocycles. The van der Waals surface area contributed by atoms with E-state index in [-0.39, 0.29) is 12.1 Å². The Morgan fingerprint density at radius 3 is 2.62 bits per heavy atom. The first-order valence-corrected chi connectivity index (χ1v) is 8.16. The molecule has 120 valence electrons. The number of rotatable bonds is 9. The van der Waals surface area contributed by atoms with Crippen LogP contribution in [0.2, 0.25) is 0 Å². The van der Waals surface area contributed by atoms with Crippen molar-refractivity contribution in [3.63, 3.8) is 0 Å². The maximum absolute atomic E-state index is 13.4. The van der Waals surface area contributed by atoms with Crippen LogP contribution in [-0.2, 0) is 16.8 Å². The standard InChI is InChI=1S/C13H21F2N3O2S/c1-3-16-7-4-8-18(2)21(19,20)17-10-11-5-6-12(14)9-13(11)15/h5-6,9,16-17H,3-4,7-8,10H2,1-2H3. The van der Waals surface area contributed by atoms with Crippen molar-refractivity contribution in [1.82, 2.24) is 14.3 Å². The van der Waals surface area contributed by atoms with E-state index in [9.17, 15) is 17.2 Å². The van der Waals surface area contributed by atoms with Gasteiger partial charge in [0.25, 0.3) is 10.2 Å². The summed E-state index contributed by atoms with van der Waals surface area (Å²) < 4.78 is 53.5. The monoisotopic (exact) mass is 321 g/mol. The van der Waals surface area contributed by atoms with Crippen molar-refractivity contribution in [3.8, 4) is 0 Å². The lowest BCUT2D eigenvalue weighted by Crippen LogP contribution is -2.39. The summed E-state index contributed by atoms with van der Waals surface area (Å²) in [7, 11) is -2.22. The minimum atomic E-state index is -3.68. The van der Waals surface area contributed by atoms with Crippen LogP contribution in [0.5, 0.6) is 0 Å². The lowest BCUT2D eigenvalue weighted by atomic mass is 10.2. The third-order valence-electron chi connectivity index (χ3n) is 2.95. The fraction of sp³-hybridized carbons (Fsp3) is 0.538. The van der Waals surface area contributed by atoms with Crippen molar-refractivity contribution < 1.29 is 17.2 Å². The summed E-state index contributed by atoms with van der Waals surface area (Å²) in [6, 6.07) is 3.04. The van der Waals surface area contributed by atoms with Crippen LogP contribution >= 0.6 is 0 Å². The van der Waals surface area contributed by atoms with E-state index in [4.69, 9.17) is 0 Å². The van der Waals surface area contributed by atoms with E-state index in [1.54, 1.807) is 0 Å². The van der Waals surface area contributed by atoms with Crippen LogP contribution in [0.25, 0.3) is 0 Å². The summed E-state index contributed by atoms with van der Waals surface area (Å²) in [6.07, 6.45) is 0.677. The van der Waals surface area contributed by atoms with Gasteiger partial charge in [0, 0.05) is 31.8 Å². The number of hydrogen-bond donors (Lipinski definition) is 2. The van der Waals surface area contributed by atoms with Crippen molar-refractivity contribution in [2.75, 3.05) is 26.7 Å². The average molecular weight is 321 g/mol. The Balaban J connectivity index is 2.51. The number of nitrogens with one attached hydrogen (secondary N) is 2. The van der Waals surface area contributed by atoms with Crippen molar-refractivity contribution in [1.29, 1.82) is 0 Å². The molecular formula is C13H21F2N3O2S. The van der Waals surface area contributed by atoms with Crippen LogP contribution in [0.4, 0.5) is 8.78 Å². The number of hydrogen-bond acceptors (Lipinski definition) is 3.